The number of rotatable bonds is 7. The third-order valence-electron chi connectivity index (χ3n) is 5.07. The van der Waals surface area contributed by atoms with E-state index in [1.54, 1.807) is 0 Å². The van der Waals surface area contributed by atoms with Crippen molar-refractivity contribution in [3.63, 3.8) is 0 Å². The minimum absolute atomic E-state index is 0.0332. The predicted molar refractivity (Wildman–Crippen MR) is 97.0 cm³/mol. The van der Waals surface area contributed by atoms with Crippen LogP contribution in [0.5, 0.6) is 0 Å². The Bertz CT molecular complexity index is 509. The zero-order chi connectivity index (χ0) is 16.8. The van der Waals surface area contributed by atoms with Crippen LogP contribution in [-0.4, -0.2) is 62.1 Å². The van der Waals surface area contributed by atoms with Crippen molar-refractivity contribution in [2.24, 2.45) is 5.92 Å². The number of nitrogens with zero attached hydrogens (tertiary/aromatic N) is 2. The Balaban J connectivity index is 1.36. The maximum absolute atomic E-state index is 12.2. The molecule has 0 aromatic heterocycles. The van der Waals surface area contributed by atoms with E-state index in [1.807, 2.05) is 18.2 Å². The number of amides is 2. The van der Waals surface area contributed by atoms with Gasteiger partial charge in [-0.05, 0) is 44.3 Å². The van der Waals surface area contributed by atoms with Gasteiger partial charge in [0.25, 0.3) is 0 Å². The number of carbonyl (C=O) groups is 1. The third kappa shape index (κ3) is 5.21. The van der Waals surface area contributed by atoms with Crippen LogP contribution in [0.3, 0.4) is 0 Å². The van der Waals surface area contributed by atoms with Gasteiger partial charge in [-0.25, -0.2) is 4.79 Å². The summed E-state index contributed by atoms with van der Waals surface area (Å²) in [5, 5.41) is 6.20. The first-order valence-electron chi connectivity index (χ1n) is 9.22. The van der Waals surface area contributed by atoms with Gasteiger partial charge in [0.1, 0.15) is 0 Å². The second kappa shape index (κ2) is 8.49. The number of carbonyl (C=O) groups excluding carboxylic acids is 1. The molecule has 1 atom stereocenters. The van der Waals surface area contributed by atoms with E-state index in [2.05, 4.69) is 39.6 Å². The molecule has 1 aromatic rings. The van der Waals surface area contributed by atoms with Crippen molar-refractivity contribution in [1.82, 2.24) is 20.4 Å². The topological polar surface area (TPSA) is 47.6 Å². The molecule has 1 saturated carbocycles. The van der Waals surface area contributed by atoms with Gasteiger partial charge in [0.2, 0.25) is 0 Å². The summed E-state index contributed by atoms with van der Waals surface area (Å²) >= 11 is 0. The molecule has 1 saturated heterocycles. The highest BCUT2D eigenvalue weighted by Gasteiger charge is 2.33. The van der Waals surface area contributed by atoms with Crippen LogP contribution < -0.4 is 10.6 Å². The highest BCUT2D eigenvalue weighted by molar-refractivity contribution is 5.74. The number of nitrogens with one attached hydrogen (secondary N) is 2. The first kappa shape index (κ1) is 17.2. The molecule has 5 nitrogen and oxygen atoms in total. The van der Waals surface area contributed by atoms with E-state index in [1.165, 1.54) is 18.4 Å². The summed E-state index contributed by atoms with van der Waals surface area (Å²) in [6.45, 7) is 6.38. The summed E-state index contributed by atoms with van der Waals surface area (Å²) in [4.78, 5) is 17.1. The van der Waals surface area contributed by atoms with Gasteiger partial charge in [-0.2, -0.15) is 0 Å². The summed E-state index contributed by atoms with van der Waals surface area (Å²) in [6.07, 6.45) is 3.43. The van der Waals surface area contributed by atoms with Crippen molar-refractivity contribution in [3.8, 4) is 0 Å². The van der Waals surface area contributed by atoms with E-state index in [9.17, 15) is 4.79 Å². The maximum Gasteiger partial charge on any atom is 0.315 e. The fourth-order valence-corrected chi connectivity index (χ4v) is 3.33. The van der Waals surface area contributed by atoms with Gasteiger partial charge in [0.05, 0.1) is 6.04 Å². The molecule has 1 aromatic carbocycles. The van der Waals surface area contributed by atoms with Crippen molar-refractivity contribution >= 4 is 6.03 Å². The standard InChI is InChI=1S/C19H30N4O/c1-22-12-14-23(15-13-22)11-5-10-20-19(24)21-18(17-8-9-17)16-6-3-2-4-7-16/h2-4,6-7,17-18H,5,8-15H2,1H3,(H2,20,21,24)/t18-/m1/s1. The monoisotopic (exact) mass is 330 g/mol. The normalized spacial score (nSPS) is 20.5. The second-order valence-corrected chi connectivity index (χ2v) is 7.12. The van der Waals surface area contributed by atoms with E-state index in [4.69, 9.17) is 0 Å². The summed E-state index contributed by atoms with van der Waals surface area (Å²) in [5.74, 6) is 0.600. The molecule has 1 aliphatic carbocycles. The van der Waals surface area contributed by atoms with Crippen molar-refractivity contribution < 1.29 is 4.79 Å². The van der Waals surface area contributed by atoms with E-state index in [0.29, 0.717) is 5.92 Å². The van der Waals surface area contributed by atoms with Crippen molar-refractivity contribution in [2.45, 2.75) is 25.3 Å². The minimum atomic E-state index is -0.0332. The fourth-order valence-electron chi connectivity index (χ4n) is 3.33. The molecule has 2 aliphatic rings. The van der Waals surface area contributed by atoms with Gasteiger partial charge in [-0.15, -0.1) is 0 Å². The van der Waals surface area contributed by atoms with Crippen LogP contribution in [0, 0.1) is 5.92 Å². The van der Waals surface area contributed by atoms with E-state index in [0.717, 1.165) is 45.7 Å². The Morgan fingerprint density at radius 1 is 1.17 bits per heavy atom. The number of hydrogen-bond acceptors (Lipinski definition) is 3. The lowest BCUT2D eigenvalue weighted by atomic mass is 10.0. The molecule has 132 valence electrons. The molecule has 0 radical (unpaired) electrons. The van der Waals surface area contributed by atoms with Gasteiger partial charge in [0, 0.05) is 32.7 Å². The van der Waals surface area contributed by atoms with Gasteiger partial charge in [-0.1, -0.05) is 30.3 Å². The molecule has 0 spiro atoms. The molecule has 0 unspecified atom stereocenters. The lowest BCUT2D eigenvalue weighted by Crippen LogP contribution is -2.45. The number of piperazine rings is 1. The zero-order valence-electron chi connectivity index (χ0n) is 14.7. The summed E-state index contributed by atoms with van der Waals surface area (Å²) in [6, 6.07) is 10.4. The Morgan fingerprint density at radius 3 is 2.54 bits per heavy atom. The number of benzene rings is 1. The van der Waals surface area contributed by atoms with E-state index in [-0.39, 0.29) is 12.1 Å². The fraction of sp³-hybridized carbons (Fsp3) is 0.632. The molecule has 2 N–H and O–H groups in total. The van der Waals surface area contributed by atoms with Crippen LogP contribution in [-0.2, 0) is 0 Å². The molecule has 3 rings (SSSR count). The lowest BCUT2D eigenvalue weighted by Gasteiger charge is -2.32. The average Bonchev–Trinajstić information content (AvgIpc) is 3.44. The predicted octanol–water partition coefficient (Wildman–Crippen LogP) is 2.07. The molecule has 1 aliphatic heterocycles. The number of urea groups is 1. The van der Waals surface area contributed by atoms with Crippen LogP contribution in [0.1, 0.15) is 30.9 Å². The van der Waals surface area contributed by atoms with Gasteiger partial charge in [0.15, 0.2) is 0 Å². The molecule has 24 heavy (non-hydrogen) atoms. The second-order valence-electron chi connectivity index (χ2n) is 7.12. The molecule has 2 amide bonds. The summed E-state index contributed by atoms with van der Waals surface area (Å²) < 4.78 is 0. The molecular weight excluding hydrogens is 300 g/mol. The number of hydrogen-bond donors (Lipinski definition) is 2. The molecule has 5 heteroatoms. The Hall–Kier alpha value is -1.59. The lowest BCUT2D eigenvalue weighted by molar-refractivity contribution is 0.153. The first-order chi connectivity index (χ1) is 11.7. The van der Waals surface area contributed by atoms with E-state index < -0.39 is 0 Å². The van der Waals surface area contributed by atoms with Crippen LogP contribution in [0.4, 0.5) is 4.79 Å². The van der Waals surface area contributed by atoms with Crippen molar-refractivity contribution in [3.05, 3.63) is 35.9 Å². The summed E-state index contributed by atoms with van der Waals surface area (Å²) in [7, 11) is 2.17. The molecule has 1 heterocycles. The summed E-state index contributed by atoms with van der Waals surface area (Å²) in [5.41, 5.74) is 1.22. The minimum Gasteiger partial charge on any atom is -0.338 e. The molecular formula is C19H30N4O. The Kier molecular flexibility index (Phi) is 6.10. The first-order valence-corrected chi connectivity index (χ1v) is 9.22. The largest absolute Gasteiger partial charge is 0.338 e. The maximum atomic E-state index is 12.2. The average molecular weight is 330 g/mol. The van der Waals surface area contributed by atoms with Crippen molar-refractivity contribution in [1.29, 1.82) is 0 Å². The molecule has 0 bridgehead atoms. The Labute approximate surface area is 145 Å². The van der Waals surface area contributed by atoms with Crippen LogP contribution >= 0.6 is 0 Å². The number of likely N-dealkylation sites (N-methyl/N-ethyl adjacent to an activating group) is 1. The smallest absolute Gasteiger partial charge is 0.315 e. The highest BCUT2D eigenvalue weighted by atomic mass is 16.2. The van der Waals surface area contributed by atoms with Crippen LogP contribution in [0.2, 0.25) is 0 Å². The van der Waals surface area contributed by atoms with Gasteiger partial charge in [-0.3, -0.25) is 0 Å². The van der Waals surface area contributed by atoms with Crippen molar-refractivity contribution in [2.75, 3.05) is 46.3 Å². The van der Waals surface area contributed by atoms with E-state index >= 15 is 0 Å². The SMILES string of the molecule is CN1CCN(CCCNC(=O)N[C@H](c2ccccc2)C2CC2)CC1. The highest BCUT2D eigenvalue weighted by Crippen LogP contribution is 2.40. The third-order valence-corrected chi connectivity index (χ3v) is 5.07. The zero-order valence-corrected chi connectivity index (χ0v) is 14.7. The molecule has 2 fully saturated rings. The quantitative estimate of drug-likeness (QED) is 0.753. The van der Waals surface area contributed by atoms with Crippen LogP contribution in [0.25, 0.3) is 0 Å². The van der Waals surface area contributed by atoms with Gasteiger partial charge < -0.3 is 20.4 Å². The van der Waals surface area contributed by atoms with Crippen LogP contribution in [0.15, 0.2) is 30.3 Å². The van der Waals surface area contributed by atoms with Gasteiger partial charge >= 0.3 is 6.03 Å². The Morgan fingerprint density at radius 2 is 1.88 bits per heavy atom.